The second-order valence-corrected chi connectivity index (χ2v) is 7.63. The maximum absolute atomic E-state index is 12.8. The molecule has 152 valence electrons. The largest absolute Gasteiger partial charge is 0.423 e. The zero-order valence-corrected chi connectivity index (χ0v) is 17.4. The summed E-state index contributed by atoms with van der Waals surface area (Å²) in [6.07, 6.45) is 0. The van der Waals surface area contributed by atoms with Gasteiger partial charge in [-0.25, -0.2) is 4.79 Å². The third-order valence-corrected chi connectivity index (χ3v) is 5.52. The fourth-order valence-electron chi connectivity index (χ4n) is 2.92. The van der Waals surface area contributed by atoms with Crippen LogP contribution in [-0.2, 0) is 5.75 Å². The molecule has 0 aliphatic rings. The number of ether oxygens (including phenoxy) is 1. The van der Waals surface area contributed by atoms with Crippen LogP contribution < -0.4 is 4.74 Å². The maximum atomic E-state index is 12.8. The number of carbonyl (C=O) groups is 1. The molecule has 0 aliphatic carbocycles. The Morgan fingerprint density at radius 2 is 1.71 bits per heavy atom. The molecule has 3 aromatic carbocycles. The summed E-state index contributed by atoms with van der Waals surface area (Å²) >= 11 is 1.45. The van der Waals surface area contributed by atoms with Gasteiger partial charge >= 0.3 is 5.97 Å². The van der Waals surface area contributed by atoms with Gasteiger partial charge in [-0.05, 0) is 47.5 Å². The third kappa shape index (κ3) is 5.00. The maximum Gasteiger partial charge on any atom is 0.344 e. The fraction of sp³-hybridized carbons (Fsp3) is 0.0833. The number of nitriles is 1. The standard InChI is InChI=1S/C24H17N3O3S/c1-16-26-23(27-30-16)15-31-22-5-3-2-4-21(22)24(28)29-20-12-10-19(11-13-20)18-8-6-17(14-25)7-9-18/h2-13H,15H2,1H3. The highest BCUT2D eigenvalue weighted by atomic mass is 32.2. The SMILES string of the molecule is Cc1nc(CSc2ccccc2C(=O)Oc2ccc(-c3ccc(C#N)cc3)cc2)no1. The molecule has 0 aliphatic heterocycles. The van der Waals surface area contributed by atoms with Crippen molar-refractivity contribution in [2.75, 3.05) is 0 Å². The first-order chi connectivity index (χ1) is 15.1. The van der Waals surface area contributed by atoms with E-state index < -0.39 is 5.97 Å². The van der Waals surface area contributed by atoms with E-state index in [9.17, 15) is 4.79 Å². The van der Waals surface area contributed by atoms with Crippen LogP contribution in [0.3, 0.4) is 0 Å². The first-order valence-corrected chi connectivity index (χ1v) is 10.4. The summed E-state index contributed by atoms with van der Waals surface area (Å²) in [5.41, 5.74) is 3.04. The number of thioether (sulfide) groups is 1. The second kappa shape index (κ2) is 9.28. The molecule has 0 fully saturated rings. The van der Waals surface area contributed by atoms with Gasteiger partial charge in [0.25, 0.3) is 0 Å². The van der Waals surface area contributed by atoms with Gasteiger partial charge in [-0.3, -0.25) is 0 Å². The van der Waals surface area contributed by atoms with Crippen LogP contribution in [0.4, 0.5) is 0 Å². The molecule has 0 atom stereocenters. The van der Waals surface area contributed by atoms with Crippen LogP contribution in [-0.4, -0.2) is 16.1 Å². The lowest BCUT2D eigenvalue weighted by Gasteiger charge is -2.09. The van der Waals surface area contributed by atoms with E-state index in [2.05, 4.69) is 16.2 Å². The topological polar surface area (TPSA) is 89.0 Å². The summed E-state index contributed by atoms with van der Waals surface area (Å²) < 4.78 is 10.6. The van der Waals surface area contributed by atoms with Crippen LogP contribution >= 0.6 is 11.8 Å². The molecule has 0 saturated carbocycles. The zero-order chi connectivity index (χ0) is 21.6. The Labute approximate surface area is 183 Å². The van der Waals surface area contributed by atoms with Crippen molar-refractivity contribution in [3.63, 3.8) is 0 Å². The Morgan fingerprint density at radius 3 is 2.35 bits per heavy atom. The Bertz CT molecular complexity index is 1240. The normalized spacial score (nSPS) is 10.5. The van der Waals surface area contributed by atoms with Gasteiger partial charge in [0.2, 0.25) is 5.89 Å². The predicted molar refractivity (Wildman–Crippen MR) is 117 cm³/mol. The van der Waals surface area contributed by atoms with Crippen LogP contribution in [0, 0.1) is 18.3 Å². The van der Waals surface area contributed by atoms with Gasteiger partial charge in [0.05, 0.1) is 22.9 Å². The molecule has 31 heavy (non-hydrogen) atoms. The highest BCUT2D eigenvalue weighted by Gasteiger charge is 2.15. The molecule has 4 rings (SSSR count). The first-order valence-electron chi connectivity index (χ1n) is 9.46. The lowest BCUT2D eigenvalue weighted by atomic mass is 10.0. The van der Waals surface area contributed by atoms with Gasteiger partial charge in [0.1, 0.15) is 5.75 Å². The highest BCUT2D eigenvalue weighted by molar-refractivity contribution is 7.98. The Hall–Kier alpha value is -3.89. The van der Waals surface area contributed by atoms with Crippen LogP contribution in [0.5, 0.6) is 5.75 Å². The van der Waals surface area contributed by atoms with E-state index in [0.29, 0.717) is 34.3 Å². The van der Waals surface area contributed by atoms with Crippen molar-refractivity contribution in [2.45, 2.75) is 17.6 Å². The van der Waals surface area contributed by atoms with E-state index in [4.69, 9.17) is 14.5 Å². The number of aryl methyl sites for hydroxylation is 1. The molecule has 0 radical (unpaired) electrons. The molecule has 0 unspecified atom stereocenters. The van der Waals surface area contributed by atoms with E-state index in [1.54, 1.807) is 43.3 Å². The summed E-state index contributed by atoms with van der Waals surface area (Å²) in [7, 11) is 0. The minimum absolute atomic E-state index is 0.432. The smallest absolute Gasteiger partial charge is 0.344 e. The third-order valence-electron chi connectivity index (χ3n) is 4.45. The molecular formula is C24H17N3O3S. The van der Waals surface area contributed by atoms with Crippen molar-refractivity contribution < 1.29 is 14.1 Å². The average Bonchev–Trinajstić information content (AvgIpc) is 3.23. The minimum Gasteiger partial charge on any atom is -0.423 e. The van der Waals surface area contributed by atoms with Gasteiger partial charge in [0, 0.05) is 11.8 Å². The van der Waals surface area contributed by atoms with Crippen LogP contribution in [0.25, 0.3) is 11.1 Å². The average molecular weight is 427 g/mol. The van der Waals surface area contributed by atoms with Gasteiger partial charge in [-0.1, -0.05) is 41.6 Å². The molecule has 0 amide bonds. The highest BCUT2D eigenvalue weighted by Crippen LogP contribution is 2.28. The van der Waals surface area contributed by atoms with Gasteiger partial charge in [-0.2, -0.15) is 10.2 Å². The molecular weight excluding hydrogens is 410 g/mol. The molecule has 6 nitrogen and oxygen atoms in total. The second-order valence-electron chi connectivity index (χ2n) is 6.62. The summed E-state index contributed by atoms with van der Waals surface area (Å²) in [5.74, 6) is 1.59. The summed E-state index contributed by atoms with van der Waals surface area (Å²) in [6, 6.07) is 23.9. The molecule has 0 spiro atoms. The molecule has 0 saturated heterocycles. The van der Waals surface area contributed by atoms with Crippen LogP contribution in [0.15, 0.2) is 82.2 Å². The van der Waals surface area contributed by atoms with Crippen LogP contribution in [0.2, 0.25) is 0 Å². The van der Waals surface area contributed by atoms with Crippen molar-refractivity contribution in [3.05, 3.63) is 95.6 Å². The van der Waals surface area contributed by atoms with E-state index in [-0.39, 0.29) is 0 Å². The van der Waals surface area contributed by atoms with Gasteiger partial charge in [0.15, 0.2) is 5.82 Å². The number of nitrogens with zero attached hydrogens (tertiary/aromatic N) is 3. The van der Waals surface area contributed by atoms with Crippen molar-refractivity contribution in [3.8, 4) is 22.9 Å². The van der Waals surface area contributed by atoms with Crippen molar-refractivity contribution in [1.82, 2.24) is 10.1 Å². The molecule has 0 bridgehead atoms. The quantitative estimate of drug-likeness (QED) is 0.230. The number of rotatable bonds is 6. The number of benzene rings is 3. The number of hydrogen-bond donors (Lipinski definition) is 0. The number of carbonyl (C=O) groups excluding carboxylic acids is 1. The van der Waals surface area contributed by atoms with E-state index in [0.717, 1.165) is 16.0 Å². The summed E-state index contributed by atoms with van der Waals surface area (Å²) in [6.45, 7) is 1.74. The lowest BCUT2D eigenvalue weighted by Crippen LogP contribution is -2.09. The lowest BCUT2D eigenvalue weighted by molar-refractivity contribution is 0.0731. The number of hydrogen-bond acceptors (Lipinski definition) is 7. The summed E-state index contributed by atoms with van der Waals surface area (Å²) in [5, 5.41) is 12.8. The monoisotopic (exact) mass is 427 g/mol. The van der Waals surface area contributed by atoms with E-state index >= 15 is 0 Å². The van der Waals surface area contributed by atoms with Crippen molar-refractivity contribution >= 4 is 17.7 Å². The first kappa shape index (κ1) is 20.4. The predicted octanol–water partition coefficient (Wildman–Crippen LogP) is 5.43. The Balaban J connectivity index is 1.45. The minimum atomic E-state index is -0.432. The molecule has 0 N–H and O–H groups in total. The molecule has 4 aromatic rings. The zero-order valence-electron chi connectivity index (χ0n) is 16.6. The van der Waals surface area contributed by atoms with E-state index in [1.807, 2.05) is 36.4 Å². The summed E-state index contributed by atoms with van der Waals surface area (Å²) in [4.78, 5) is 17.7. The molecule has 1 aromatic heterocycles. The van der Waals surface area contributed by atoms with Gasteiger partial charge in [-0.15, -0.1) is 11.8 Å². The molecule has 7 heteroatoms. The Kier molecular flexibility index (Phi) is 6.11. The number of aromatic nitrogens is 2. The van der Waals surface area contributed by atoms with Gasteiger partial charge < -0.3 is 9.26 Å². The van der Waals surface area contributed by atoms with Crippen molar-refractivity contribution in [1.29, 1.82) is 5.26 Å². The fourth-order valence-corrected chi connectivity index (χ4v) is 3.80. The number of esters is 1. The molecule has 1 heterocycles. The van der Waals surface area contributed by atoms with E-state index in [1.165, 1.54) is 11.8 Å². The van der Waals surface area contributed by atoms with Crippen molar-refractivity contribution in [2.24, 2.45) is 0 Å². The Morgan fingerprint density at radius 1 is 1.03 bits per heavy atom. The van der Waals surface area contributed by atoms with Crippen LogP contribution in [0.1, 0.15) is 27.6 Å².